The van der Waals surface area contributed by atoms with E-state index in [2.05, 4.69) is 91.0 Å². The Labute approximate surface area is 181 Å². The molecule has 3 aromatic carbocycles. The van der Waals surface area contributed by atoms with E-state index >= 15 is 0 Å². The number of carboxylic acids is 2. The van der Waals surface area contributed by atoms with Gasteiger partial charge in [0.25, 0.3) is 0 Å². The van der Waals surface area contributed by atoms with E-state index < -0.39 is 11.9 Å². The van der Waals surface area contributed by atoms with E-state index in [1.54, 1.807) is 0 Å². The van der Waals surface area contributed by atoms with Gasteiger partial charge in [0.2, 0.25) is 0 Å². The van der Waals surface area contributed by atoms with Crippen LogP contribution in [0.25, 0.3) is 0 Å². The van der Waals surface area contributed by atoms with Crippen LogP contribution in [0.2, 0.25) is 0 Å². The minimum Gasteiger partial charge on any atom is -0.481 e. The fourth-order valence-electron chi connectivity index (χ4n) is 3.91. The Balaban J connectivity index is 0.000000293. The second-order valence-corrected chi connectivity index (χ2v) is 7.27. The van der Waals surface area contributed by atoms with Crippen LogP contribution in [-0.2, 0) is 15.0 Å². The number of aliphatic carboxylic acids is 2. The Kier molecular flexibility index (Phi) is 7.33. The van der Waals surface area contributed by atoms with Crippen LogP contribution in [0.5, 0.6) is 0 Å². The topological polar surface area (TPSA) is 87.0 Å². The van der Waals surface area contributed by atoms with Crippen LogP contribution in [-0.4, -0.2) is 34.4 Å². The number of benzene rings is 3. The molecule has 0 radical (unpaired) electrons. The Morgan fingerprint density at radius 1 is 0.710 bits per heavy atom. The summed E-state index contributed by atoms with van der Waals surface area (Å²) in [5, 5.41) is 15.8. The van der Waals surface area contributed by atoms with E-state index in [9.17, 15) is 9.59 Å². The summed E-state index contributed by atoms with van der Waals surface area (Å²) in [6.45, 7) is 0.869. The molecule has 0 spiro atoms. The molecule has 0 fully saturated rings. The zero-order valence-electron chi connectivity index (χ0n) is 17.1. The van der Waals surface area contributed by atoms with Crippen molar-refractivity contribution >= 4 is 17.7 Å². The van der Waals surface area contributed by atoms with Gasteiger partial charge in [-0.15, -0.1) is 0 Å². The van der Waals surface area contributed by atoms with Crippen LogP contribution in [0.1, 0.15) is 36.0 Å². The van der Waals surface area contributed by atoms with Gasteiger partial charge in [-0.25, -0.2) is 0 Å². The lowest BCUT2D eigenvalue weighted by Gasteiger charge is -2.32. The van der Waals surface area contributed by atoms with Crippen LogP contribution in [0.4, 0.5) is 0 Å². The first kappa shape index (κ1) is 22.0. The third-order valence-electron chi connectivity index (χ3n) is 5.29. The van der Waals surface area contributed by atoms with Gasteiger partial charge in [0.15, 0.2) is 0 Å². The maximum absolute atomic E-state index is 9.64. The van der Waals surface area contributed by atoms with Crippen molar-refractivity contribution in [1.82, 2.24) is 0 Å². The molecule has 5 nitrogen and oxygen atoms in total. The van der Waals surface area contributed by atoms with Crippen molar-refractivity contribution in [2.24, 2.45) is 4.99 Å². The molecule has 158 valence electrons. The number of nitrogens with zero attached hydrogens (tertiary/aromatic N) is 1. The van der Waals surface area contributed by atoms with Gasteiger partial charge in [-0.2, -0.15) is 0 Å². The first-order chi connectivity index (χ1) is 15.0. The third kappa shape index (κ3) is 5.25. The molecule has 0 amide bonds. The highest BCUT2D eigenvalue weighted by Crippen LogP contribution is 2.42. The Morgan fingerprint density at radius 3 is 1.55 bits per heavy atom. The number of aliphatic imine (C=N–C) groups is 1. The summed E-state index contributed by atoms with van der Waals surface area (Å²) in [6.07, 6.45) is 0.427. The molecule has 0 unspecified atom stereocenters. The molecule has 1 aliphatic heterocycles. The SMILES string of the molecule is O=C(O)CCC(=O)O.c1ccc(C2=NCCC2(c2ccccc2)c2ccccc2)cc1. The Hall–Kier alpha value is -3.73. The number of hydrogen-bond acceptors (Lipinski definition) is 3. The Morgan fingerprint density at radius 2 is 1.13 bits per heavy atom. The third-order valence-corrected chi connectivity index (χ3v) is 5.29. The molecular formula is C26H25NO4. The number of carboxylic acid groups (broad SMARTS) is 2. The number of carbonyl (C=O) groups is 2. The van der Waals surface area contributed by atoms with E-state index in [1.807, 2.05) is 0 Å². The van der Waals surface area contributed by atoms with Gasteiger partial charge in [-0.05, 0) is 23.1 Å². The molecule has 0 bridgehead atoms. The maximum atomic E-state index is 9.64. The van der Waals surface area contributed by atoms with E-state index in [4.69, 9.17) is 15.2 Å². The Bertz CT molecular complexity index is 977. The molecule has 0 aliphatic carbocycles. The van der Waals surface area contributed by atoms with Gasteiger partial charge >= 0.3 is 11.9 Å². The van der Waals surface area contributed by atoms with Crippen LogP contribution in [0, 0.1) is 0 Å². The summed E-state index contributed by atoms with van der Waals surface area (Å²) < 4.78 is 0. The van der Waals surface area contributed by atoms with Gasteiger partial charge in [0.05, 0.1) is 24.0 Å². The van der Waals surface area contributed by atoms with E-state index in [-0.39, 0.29) is 18.3 Å². The summed E-state index contributed by atoms with van der Waals surface area (Å²) >= 11 is 0. The summed E-state index contributed by atoms with van der Waals surface area (Å²) in [6, 6.07) is 32.2. The second-order valence-electron chi connectivity index (χ2n) is 7.27. The van der Waals surface area contributed by atoms with Crippen molar-refractivity contribution in [2.75, 3.05) is 6.54 Å². The van der Waals surface area contributed by atoms with Crippen LogP contribution in [0.3, 0.4) is 0 Å². The van der Waals surface area contributed by atoms with Crippen LogP contribution >= 0.6 is 0 Å². The highest BCUT2D eigenvalue weighted by Gasteiger charge is 2.42. The summed E-state index contributed by atoms with van der Waals surface area (Å²) in [5.41, 5.74) is 4.91. The van der Waals surface area contributed by atoms with Crippen molar-refractivity contribution in [1.29, 1.82) is 0 Å². The quantitative estimate of drug-likeness (QED) is 0.605. The summed E-state index contributed by atoms with van der Waals surface area (Å²) in [4.78, 5) is 24.2. The summed E-state index contributed by atoms with van der Waals surface area (Å²) in [5.74, 6) is -2.15. The second kappa shape index (κ2) is 10.3. The van der Waals surface area contributed by atoms with Gasteiger partial charge < -0.3 is 10.2 Å². The highest BCUT2D eigenvalue weighted by atomic mass is 16.4. The van der Waals surface area contributed by atoms with Gasteiger partial charge in [0.1, 0.15) is 0 Å². The maximum Gasteiger partial charge on any atom is 0.303 e. The summed E-state index contributed by atoms with van der Waals surface area (Å²) in [7, 11) is 0. The molecule has 0 saturated carbocycles. The van der Waals surface area contributed by atoms with E-state index in [1.165, 1.54) is 22.4 Å². The van der Waals surface area contributed by atoms with Crippen molar-refractivity contribution < 1.29 is 19.8 Å². The minimum absolute atomic E-state index is 0.149. The standard InChI is InChI=1S/C22H19N.C4H6O4/c1-4-10-18(11-5-1)21-22(16-17-23-21,19-12-6-2-7-13-19)20-14-8-3-9-15-20;5-3(6)1-2-4(7)8/h1-15H,16-17H2;1-2H2,(H,5,6)(H,7,8). The highest BCUT2D eigenvalue weighted by molar-refractivity contribution is 6.11. The van der Waals surface area contributed by atoms with Crippen molar-refractivity contribution in [3.05, 3.63) is 108 Å². The predicted octanol–water partition coefficient (Wildman–Crippen LogP) is 4.80. The molecule has 5 heteroatoms. The zero-order chi connectivity index (χ0) is 22.1. The minimum atomic E-state index is -1.08. The van der Waals surface area contributed by atoms with Crippen molar-refractivity contribution in [2.45, 2.75) is 24.7 Å². The van der Waals surface area contributed by atoms with Crippen molar-refractivity contribution in [3.63, 3.8) is 0 Å². The first-order valence-corrected chi connectivity index (χ1v) is 10.2. The van der Waals surface area contributed by atoms with Crippen LogP contribution < -0.4 is 0 Å². The normalized spacial score (nSPS) is 14.1. The molecule has 2 N–H and O–H groups in total. The molecule has 1 heterocycles. The van der Waals surface area contributed by atoms with Crippen molar-refractivity contribution in [3.8, 4) is 0 Å². The smallest absolute Gasteiger partial charge is 0.303 e. The largest absolute Gasteiger partial charge is 0.481 e. The number of hydrogen-bond donors (Lipinski definition) is 2. The molecule has 0 atom stereocenters. The molecule has 0 aromatic heterocycles. The monoisotopic (exact) mass is 415 g/mol. The average molecular weight is 415 g/mol. The molecule has 1 aliphatic rings. The average Bonchev–Trinajstić information content (AvgIpc) is 3.26. The zero-order valence-corrected chi connectivity index (χ0v) is 17.1. The lowest BCUT2D eigenvalue weighted by atomic mass is 9.68. The lowest BCUT2D eigenvalue weighted by Crippen LogP contribution is -2.35. The van der Waals surface area contributed by atoms with Gasteiger partial charge in [0, 0.05) is 6.54 Å². The van der Waals surface area contributed by atoms with E-state index in [0.717, 1.165) is 13.0 Å². The molecular weight excluding hydrogens is 390 g/mol. The molecule has 31 heavy (non-hydrogen) atoms. The fourth-order valence-corrected chi connectivity index (χ4v) is 3.91. The molecule has 4 rings (SSSR count). The molecule has 3 aromatic rings. The van der Waals surface area contributed by atoms with Gasteiger partial charge in [-0.1, -0.05) is 91.0 Å². The van der Waals surface area contributed by atoms with Gasteiger partial charge in [-0.3, -0.25) is 14.6 Å². The van der Waals surface area contributed by atoms with Crippen LogP contribution in [0.15, 0.2) is 96.0 Å². The lowest BCUT2D eigenvalue weighted by molar-refractivity contribution is -0.143. The fraction of sp³-hybridized carbons (Fsp3) is 0.192. The van der Waals surface area contributed by atoms with E-state index in [0.29, 0.717) is 0 Å². The number of rotatable bonds is 6. The predicted molar refractivity (Wildman–Crippen MR) is 121 cm³/mol. The first-order valence-electron chi connectivity index (χ1n) is 10.2. The molecule has 0 saturated heterocycles.